The van der Waals surface area contributed by atoms with E-state index < -0.39 is 9.84 Å². The molecule has 1 atom stereocenters. The third-order valence-corrected chi connectivity index (χ3v) is 7.54. The van der Waals surface area contributed by atoms with E-state index in [-0.39, 0.29) is 23.5 Å². The maximum absolute atomic E-state index is 12.7. The van der Waals surface area contributed by atoms with E-state index in [1.54, 1.807) is 10.7 Å². The highest BCUT2D eigenvalue weighted by molar-refractivity contribution is 7.91. The van der Waals surface area contributed by atoms with Crippen LogP contribution < -0.4 is 10.2 Å². The first-order valence-corrected chi connectivity index (χ1v) is 12.2. The Morgan fingerprint density at radius 3 is 2.60 bits per heavy atom. The zero-order valence-electron chi connectivity index (χ0n) is 17.5. The molecule has 162 valence electrons. The lowest BCUT2D eigenvalue weighted by atomic mass is 10.2. The molecule has 0 saturated carbocycles. The van der Waals surface area contributed by atoms with Crippen LogP contribution in [0.3, 0.4) is 0 Å². The molecule has 2 saturated heterocycles. The Morgan fingerprint density at radius 1 is 1.17 bits per heavy atom. The molecule has 1 N–H and O–H groups in total. The molecular formula is C21H29N5O3S. The Kier molecular flexibility index (Phi) is 5.84. The zero-order valence-corrected chi connectivity index (χ0v) is 18.4. The predicted octanol–water partition coefficient (Wildman–Crippen LogP) is 1.62. The van der Waals surface area contributed by atoms with E-state index in [1.807, 2.05) is 6.92 Å². The summed E-state index contributed by atoms with van der Waals surface area (Å²) in [7, 11) is -3.02. The van der Waals surface area contributed by atoms with Crippen LogP contribution in [0.5, 0.6) is 0 Å². The van der Waals surface area contributed by atoms with Crippen molar-refractivity contribution in [2.75, 3.05) is 54.4 Å². The zero-order chi connectivity index (χ0) is 21.3. The first kappa shape index (κ1) is 20.9. The number of anilines is 2. The summed E-state index contributed by atoms with van der Waals surface area (Å²) in [5.74, 6) is 0.742. The quantitative estimate of drug-likeness (QED) is 0.774. The van der Waals surface area contributed by atoms with Crippen LogP contribution in [0.2, 0.25) is 0 Å². The number of aromatic nitrogens is 2. The molecule has 2 aliphatic heterocycles. The van der Waals surface area contributed by atoms with Gasteiger partial charge in [0.1, 0.15) is 5.82 Å². The maximum Gasteiger partial charge on any atom is 0.239 e. The van der Waals surface area contributed by atoms with Crippen molar-refractivity contribution in [1.82, 2.24) is 14.7 Å². The van der Waals surface area contributed by atoms with Gasteiger partial charge in [0.2, 0.25) is 5.91 Å². The fraction of sp³-hybridized carbons (Fsp3) is 0.524. The molecule has 8 nitrogen and oxygen atoms in total. The number of aryl methyl sites for hydroxylation is 2. The minimum absolute atomic E-state index is 0.0813. The van der Waals surface area contributed by atoms with Crippen molar-refractivity contribution in [2.45, 2.75) is 26.3 Å². The maximum atomic E-state index is 12.7. The molecule has 1 aromatic heterocycles. The highest BCUT2D eigenvalue weighted by Gasteiger charge is 2.31. The predicted molar refractivity (Wildman–Crippen MR) is 118 cm³/mol. The third-order valence-electron chi connectivity index (χ3n) is 5.79. The fourth-order valence-electron chi connectivity index (χ4n) is 4.23. The lowest BCUT2D eigenvalue weighted by Gasteiger charge is -2.35. The van der Waals surface area contributed by atoms with Gasteiger partial charge in [0.15, 0.2) is 9.84 Å². The second-order valence-electron chi connectivity index (χ2n) is 8.32. The molecule has 0 bridgehead atoms. The summed E-state index contributed by atoms with van der Waals surface area (Å²) in [5.41, 5.74) is 3.24. The molecule has 1 aromatic carbocycles. The smallest absolute Gasteiger partial charge is 0.239 e. The summed E-state index contributed by atoms with van der Waals surface area (Å²) in [6, 6.07) is 10.1. The van der Waals surface area contributed by atoms with Gasteiger partial charge in [-0.2, -0.15) is 5.10 Å². The number of carbonyl (C=O) groups is 1. The van der Waals surface area contributed by atoms with Crippen LogP contribution in [0.1, 0.15) is 23.7 Å². The number of rotatable bonds is 5. The Hall–Kier alpha value is -2.39. The van der Waals surface area contributed by atoms with E-state index in [4.69, 9.17) is 0 Å². The Bertz CT molecular complexity index is 1030. The van der Waals surface area contributed by atoms with Crippen molar-refractivity contribution in [2.24, 2.45) is 0 Å². The van der Waals surface area contributed by atoms with Gasteiger partial charge >= 0.3 is 0 Å². The SMILES string of the molecule is Cc1cccc(N2CCN(CC(=O)Nc3cc(C)nn3C3CCS(=O)(=O)C3)CC2)c1. The molecule has 9 heteroatoms. The second-order valence-corrected chi connectivity index (χ2v) is 10.6. The van der Waals surface area contributed by atoms with Gasteiger partial charge in [-0.1, -0.05) is 12.1 Å². The van der Waals surface area contributed by atoms with Gasteiger partial charge < -0.3 is 10.2 Å². The van der Waals surface area contributed by atoms with Crippen molar-refractivity contribution >= 4 is 27.2 Å². The fourth-order valence-corrected chi connectivity index (χ4v) is 5.92. The molecule has 4 rings (SSSR count). The number of carbonyl (C=O) groups excluding carboxylic acids is 1. The van der Waals surface area contributed by atoms with Crippen molar-refractivity contribution in [1.29, 1.82) is 0 Å². The number of nitrogens with zero attached hydrogens (tertiary/aromatic N) is 4. The number of hydrogen-bond acceptors (Lipinski definition) is 6. The Morgan fingerprint density at radius 2 is 1.93 bits per heavy atom. The monoisotopic (exact) mass is 431 g/mol. The van der Waals surface area contributed by atoms with Crippen LogP contribution in [0.4, 0.5) is 11.5 Å². The van der Waals surface area contributed by atoms with E-state index >= 15 is 0 Å². The first-order valence-electron chi connectivity index (χ1n) is 10.4. The summed E-state index contributed by atoms with van der Waals surface area (Å²) in [5, 5.41) is 7.37. The van der Waals surface area contributed by atoms with Crippen molar-refractivity contribution in [3.05, 3.63) is 41.6 Å². The number of amides is 1. The minimum atomic E-state index is -3.02. The van der Waals surface area contributed by atoms with Crippen LogP contribution in [0, 0.1) is 13.8 Å². The van der Waals surface area contributed by atoms with Gasteiger partial charge in [-0.05, 0) is 38.0 Å². The van der Waals surface area contributed by atoms with Crippen LogP contribution in [-0.4, -0.2) is 73.2 Å². The van der Waals surface area contributed by atoms with Crippen LogP contribution >= 0.6 is 0 Å². The first-order chi connectivity index (χ1) is 14.3. The van der Waals surface area contributed by atoms with E-state index in [0.29, 0.717) is 18.8 Å². The molecule has 2 fully saturated rings. The highest BCUT2D eigenvalue weighted by Crippen LogP contribution is 2.27. The van der Waals surface area contributed by atoms with Crippen LogP contribution in [0.25, 0.3) is 0 Å². The molecule has 1 unspecified atom stereocenters. The molecule has 0 spiro atoms. The average molecular weight is 432 g/mol. The summed E-state index contributed by atoms with van der Waals surface area (Å²) >= 11 is 0. The van der Waals surface area contributed by atoms with E-state index in [2.05, 4.69) is 51.4 Å². The molecule has 1 amide bonds. The molecular weight excluding hydrogens is 402 g/mol. The van der Waals surface area contributed by atoms with Crippen LogP contribution in [0.15, 0.2) is 30.3 Å². The summed E-state index contributed by atoms with van der Waals surface area (Å²) in [6.07, 6.45) is 0.535. The van der Waals surface area contributed by atoms with Gasteiger partial charge in [-0.3, -0.25) is 9.69 Å². The minimum Gasteiger partial charge on any atom is -0.369 e. The van der Waals surface area contributed by atoms with Crippen LogP contribution in [-0.2, 0) is 14.6 Å². The molecule has 0 aliphatic carbocycles. The Balaban J connectivity index is 1.33. The topological polar surface area (TPSA) is 87.5 Å². The third kappa shape index (κ3) is 4.84. The van der Waals surface area contributed by atoms with Crippen molar-refractivity contribution in [3.8, 4) is 0 Å². The van der Waals surface area contributed by atoms with Gasteiger partial charge in [-0.25, -0.2) is 13.1 Å². The van der Waals surface area contributed by atoms with E-state index in [1.165, 1.54) is 11.3 Å². The largest absolute Gasteiger partial charge is 0.369 e. The molecule has 3 heterocycles. The van der Waals surface area contributed by atoms with Gasteiger partial charge in [-0.15, -0.1) is 0 Å². The molecule has 2 aliphatic rings. The number of hydrogen-bond donors (Lipinski definition) is 1. The highest BCUT2D eigenvalue weighted by atomic mass is 32.2. The lowest BCUT2D eigenvalue weighted by molar-refractivity contribution is -0.117. The number of piperazine rings is 1. The van der Waals surface area contributed by atoms with E-state index in [9.17, 15) is 13.2 Å². The standard InChI is InChI=1S/C21H29N5O3S/c1-16-4-3-5-18(12-16)25-9-7-24(8-10-25)14-21(27)22-20-13-17(2)23-26(20)19-6-11-30(28,29)15-19/h3-5,12-13,19H,6-11,14-15H2,1-2H3,(H,22,27). The number of benzene rings is 1. The molecule has 30 heavy (non-hydrogen) atoms. The lowest BCUT2D eigenvalue weighted by Crippen LogP contribution is -2.48. The molecule has 2 aromatic rings. The van der Waals surface area contributed by atoms with Gasteiger partial charge in [0.25, 0.3) is 0 Å². The molecule has 0 radical (unpaired) electrons. The van der Waals surface area contributed by atoms with Gasteiger partial charge in [0.05, 0.1) is 29.8 Å². The summed E-state index contributed by atoms with van der Waals surface area (Å²) in [4.78, 5) is 17.2. The van der Waals surface area contributed by atoms with Crippen molar-refractivity contribution < 1.29 is 13.2 Å². The van der Waals surface area contributed by atoms with Crippen molar-refractivity contribution in [3.63, 3.8) is 0 Å². The summed E-state index contributed by atoms with van der Waals surface area (Å²) in [6.45, 7) is 7.66. The average Bonchev–Trinajstić information content (AvgIpc) is 3.23. The van der Waals surface area contributed by atoms with Gasteiger partial charge in [0, 0.05) is 37.9 Å². The normalized spacial score (nSPS) is 21.7. The number of sulfone groups is 1. The summed E-state index contributed by atoms with van der Waals surface area (Å²) < 4.78 is 25.3. The Labute approximate surface area is 177 Å². The number of nitrogens with one attached hydrogen (secondary N) is 1. The van der Waals surface area contributed by atoms with E-state index in [0.717, 1.165) is 31.9 Å². The second kappa shape index (κ2) is 8.39.